The standard InChI is InChI=1S/C23H27N5OS/c1-4-18-7-9-19(10-8-18)22-24-17(3)21(30-22)23(29)28-13-5-12-27(14-15-28)20-11-6-16(2)25-26-20/h6-11H,4-5,12-15H2,1-3H3. The van der Waals surface area contributed by atoms with Crippen LogP contribution >= 0.6 is 11.3 Å². The van der Waals surface area contributed by atoms with Crippen LogP contribution in [0, 0.1) is 13.8 Å². The third kappa shape index (κ3) is 4.36. The van der Waals surface area contributed by atoms with Crippen LogP contribution in [-0.4, -0.2) is 52.2 Å². The van der Waals surface area contributed by atoms with Crippen LogP contribution in [0.15, 0.2) is 36.4 Å². The van der Waals surface area contributed by atoms with Crippen LogP contribution in [0.4, 0.5) is 5.82 Å². The number of thiazole rings is 1. The molecular formula is C23H27N5OS. The van der Waals surface area contributed by atoms with Gasteiger partial charge in [0.25, 0.3) is 5.91 Å². The van der Waals surface area contributed by atoms with Gasteiger partial charge in [0.05, 0.1) is 11.4 Å². The first-order valence-electron chi connectivity index (χ1n) is 10.5. The topological polar surface area (TPSA) is 62.2 Å². The van der Waals surface area contributed by atoms with Gasteiger partial charge in [-0.15, -0.1) is 16.4 Å². The Morgan fingerprint density at radius 1 is 1.00 bits per heavy atom. The summed E-state index contributed by atoms with van der Waals surface area (Å²) in [6.45, 7) is 9.06. The number of aryl methyl sites for hydroxylation is 3. The average molecular weight is 422 g/mol. The number of carbonyl (C=O) groups is 1. The summed E-state index contributed by atoms with van der Waals surface area (Å²) in [5.74, 6) is 0.958. The van der Waals surface area contributed by atoms with Gasteiger partial charge >= 0.3 is 0 Å². The molecule has 156 valence electrons. The van der Waals surface area contributed by atoms with Crippen molar-refractivity contribution in [2.75, 3.05) is 31.1 Å². The van der Waals surface area contributed by atoms with Crippen molar-refractivity contribution < 1.29 is 4.79 Å². The molecule has 4 rings (SSSR count). The van der Waals surface area contributed by atoms with Gasteiger partial charge in [0.1, 0.15) is 9.88 Å². The van der Waals surface area contributed by atoms with E-state index in [-0.39, 0.29) is 5.91 Å². The van der Waals surface area contributed by atoms with Crippen LogP contribution in [0.1, 0.15) is 40.0 Å². The average Bonchev–Trinajstić information content (AvgIpc) is 2.99. The van der Waals surface area contributed by atoms with Crippen LogP contribution in [0.25, 0.3) is 10.6 Å². The molecule has 0 saturated carbocycles. The van der Waals surface area contributed by atoms with Crippen LogP contribution in [0.2, 0.25) is 0 Å². The Morgan fingerprint density at radius 2 is 1.80 bits per heavy atom. The van der Waals surface area contributed by atoms with Gasteiger partial charge in [0, 0.05) is 31.7 Å². The van der Waals surface area contributed by atoms with E-state index in [9.17, 15) is 4.79 Å². The first kappa shape index (κ1) is 20.5. The summed E-state index contributed by atoms with van der Waals surface area (Å²) in [7, 11) is 0. The predicted molar refractivity (Wildman–Crippen MR) is 121 cm³/mol. The lowest BCUT2D eigenvalue weighted by Crippen LogP contribution is -2.35. The van der Waals surface area contributed by atoms with Crippen LogP contribution in [-0.2, 0) is 6.42 Å². The largest absolute Gasteiger partial charge is 0.353 e. The smallest absolute Gasteiger partial charge is 0.265 e. The maximum atomic E-state index is 13.3. The van der Waals surface area contributed by atoms with E-state index in [1.54, 1.807) is 0 Å². The summed E-state index contributed by atoms with van der Waals surface area (Å²) >= 11 is 1.50. The number of anilines is 1. The van der Waals surface area contributed by atoms with Crippen LogP contribution < -0.4 is 4.90 Å². The van der Waals surface area contributed by atoms with Gasteiger partial charge in [0.2, 0.25) is 0 Å². The molecule has 30 heavy (non-hydrogen) atoms. The molecule has 3 aromatic rings. The molecule has 0 radical (unpaired) electrons. The van der Waals surface area contributed by atoms with Crippen molar-refractivity contribution in [3.05, 3.63) is 58.2 Å². The molecule has 1 amide bonds. The fraction of sp³-hybridized carbons (Fsp3) is 0.391. The Balaban J connectivity index is 1.47. The number of rotatable bonds is 4. The normalized spacial score (nSPS) is 14.6. The molecule has 3 heterocycles. The van der Waals surface area contributed by atoms with Gasteiger partial charge in [-0.2, -0.15) is 5.10 Å². The molecule has 0 unspecified atom stereocenters. The molecule has 1 aliphatic heterocycles. The maximum absolute atomic E-state index is 13.3. The predicted octanol–water partition coefficient (Wildman–Crippen LogP) is 4.13. The Hall–Kier alpha value is -2.80. The van der Waals surface area contributed by atoms with Crippen molar-refractivity contribution in [1.82, 2.24) is 20.1 Å². The third-order valence-corrected chi connectivity index (χ3v) is 6.69. The molecular weight excluding hydrogens is 394 g/mol. The molecule has 1 saturated heterocycles. The molecule has 1 aromatic carbocycles. The number of nitrogens with zero attached hydrogens (tertiary/aromatic N) is 5. The molecule has 1 aliphatic rings. The molecule has 0 aliphatic carbocycles. The highest BCUT2D eigenvalue weighted by molar-refractivity contribution is 7.17. The first-order valence-corrected chi connectivity index (χ1v) is 11.3. The Kier molecular flexibility index (Phi) is 6.08. The summed E-state index contributed by atoms with van der Waals surface area (Å²) in [4.78, 5) is 22.8. The van der Waals surface area contributed by atoms with Crippen molar-refractivity contribution in [3.63, 3.8) is 0 Å². The Morgan fingerprint density at radius 3 is 2.50 bits per heavy atom. The number of amides is 1. The second-order valence-electron chi connectivity index (χ2n) is 7.65. The highest BCUT2D eigenvalue weighted by atomic mass is 32.1. The Bertz CT molecular complexity index is 1010. The first-order chi connectivity index (χ1) is 14.5. The highest BCUT2D eigenvalue weighted by Crippen LogP contribution is 2.29. The van der Waals surface area contributed by atoms with Gasteiger partial charge in [-0.3, -0.25) is 4.79 Å². The zero-order valence-corrected chi connectivity index (χ0v) is 18.6. The molecule has 6 nitrogen and oxygen atoms in total. The molecule has 0 N–H and O–H groups in total. The van der Waals surface area contributed by atoms with E-state index < -0.39 is 0 Å². The van der Waals surface area contributed by atoms with Crippen molar-refractivity contribution in [1.29, 1.82) is 0 Å². The molecule has 1 fully saturated rings. The minimum absolute atomic E-state index is 0.0817. The van der Waals surface area contributed by atoms with Crippen molar-refractivity contribution in [2.45, 2.75) is 33.6 Å². The van der Waals surface area contributed by atoms with E-state index in [0.717, 1.165) is 65.1 Å². The van der Waals surface area contributed by atoms with Crippen molar-refractivity contribution >= 4 is 23.1 Å². The number of aromatic nitrogens is 3. The molecule has 0 spiro atoms. The van der Waals surface area contributed by atoms with E-state index in [1.165, 1.54) is 16.9 Å². The monoisotopic (exact) mass is 421 g/mol. The summed E-state index contributed by atoms with van der Waals surface area (Å²) in [6.07, 6.45) is 1.92. The van der Waals surface area contributed by atoms with Gasteiger partial charge in [-0.05, 0) is 44.4 Å². The van der Waals surface area contributed by atoms with E-state index in [1.807, 2.05) is 30.9 Å². The second kappa shape index (κ2) is 8.92. The summed E-state index contributed by atoms with van der Waals surface area (Å²) < 4.78 is 0. The summed E-state index contributed by atoms with van der Waals surface area (Å²) in [5.41, 5.74) is 4.09. The van der Waals surface area contributed by atoms with Crippen LogP contribution in [0.3, 0.4) is 0 Å². The quantitative estimate of drug-likeness (QED) is 0.634. The lowest BCUT2D eigenvalue weighted by molar-refractivity contribution is 0.0771. The fourth-order valence-electron chi connectivity index (χ4n) is 3.66. The number of hydrogen-bond acceptors (Lipinski definition) is 6. The van der Waals surface area contributed by atoms with Gasteiger partial charge in [0.15, 0.2) is 5.82 Å². The van der Waals surface area contributed by atoms with Crippen LogP contribution in [0.5, 0.6) is 0 Å². The minimum atomic E-state index is 0.0817. The SMILES string of the molecule is CCc1ccc(-c2nc(C)c(C(=O)N3CCCN(c4ccc(C)nn4)CC3)s2)cc1. The molecule has 0 atom stereocenters. The van der Waals surface area contributed by atoms with Gasteiger partial charge in [-0.25, -0.2) is 4.98 Å². The highest BCUT2D eigenvalue weighted by Gasteiger charge is 2.25. The maximum Gasteiger partial charge on any atom is 0.265 e. The second-order valence-corrected chi connectivity index (χ2v) is 8.65. The van der Waals surface area contributed by atoms with E-state index in [2.05, 4.69) is 51.3 Å². The lowest BCUT2D eigenvalue weighted by Gasteiger charge is -2.22. The summed E-state index contributed by atoms with van der Waals surface area (Å²) in [6, 6.07) is 12.4. The summed E-state index contributed by atoms with van der Waals surface area (Å²) in [5, 5.41) is 9.37. The fourth-order valence-corrected chi connectivity index (χ4v) is 4.69. The third-order valence-electron chi connectivity index (χ3n) is 5.49. The van der Waals surface area contributed by atoms with Crippen molar-refractivity contribution in [2.24, 2.45) is 0 Å². The number of carbonyl (C=O) groups excluding carboxylic acids is 1. The Labute approximate surface area is 181 Å². The van der Waals surface area contributed by atoms with Crippen molar-refractivity contribution in [3.8, 4) is 10.6 Å². The number of benzene rings is 1. The number of hydrogen-bond donors (Lipinski definition) is 0. The molecule has 0 bridgehead atoms. The van der Waals surface area contributed by atoms with E-state index >= 15 is 0 Å². The zero-order valence-electron chi connectivity index (χ0n) is 17.8. The zero-order chi connectivity index (χ0) is 21.1. The lowest BCUT2D eigenvalue weighted by atomic mass is 10.1. The molecule has 7 heteroatoms. The minimum Gasteiger partial charge on any atom is -0.353 e. The van der Waals surface area contributed by atoms with Gasteiger partial charge in [-0.1, -0.05) is 31.2 Å². The van der Waals surface area contributed by atoms with E-state index in [4.69, 9.17) is 0 Å². The van der Waals surface area contributed by atoms with E-state index in [0.29, 0.717) is 6.54 Å². The molecule has 2 aromatic heterocycles. The van der Waals surface area contributed by atoms with Gasteiger partial charge < -0.3 is 9.80 Å².